The van der Waals surface area contributed by atoms with Crippen LogP contribution in [0.25, 0.3) is 0 Å². The van der Waals surface area contributed by atoms with Gasteiger partial charge in [-0.05, 0) is 19.1 Å². The van der Waals surface area contributed by atoms with Crippen molar-refractivity contribution >= 4 is 5.84 Å². The summed E-state index contributed by atoms with van der Waals surface area (Å²) in [7, 11) is 0. The molecule has 1 rings (SSSR count). The van der Waals surface area contributed by atoms with E-state index in [0.717, 1.165) is 12.1 Å². The maximum atomic E-state index is 13.1. The highest BCUT2D eigenvalue weighted by molar-refractivity contribution is 5.77. The number of halogens is 2. The fraction of sp³-hybridized carbons (Fsp3) is 0.300. The lowest BCUT2D eigenvalue weighted by Gasteiger charge is -2.14. The summed E-state index contributed by atoms with van der Waals surface area (Å²) in [5, 5.41) is 7.02. The fourth-order valence-corrected chi connectivity index (χ4v) is 1.14. The lowest BCUT2D eigenvalue weighted by molar-refractivity contribution is 0.218. The number of rotatable bonds is 4. The molecule has 0 amide bonds. The van der Waals surface area contributed by atoms with E-state index in [-0.39, 0.29) is 18.0 Å². The zero-order chi connectivity index (χ0) is 11.4. The molecule has 0 bridgehead atoms. The third-order valence-corrected chi connectivity index (χ3v) is 1.73. The lowest BCUT2D eigenvalue weighted by atomic mass is 10.2. The van der Waals surface area contributed by atoms with Crippen molar-refractivity contribution in [1.82, 2.24) is 0 Å². The summed E-state index contributed by atoms with van der Waals surface area (Å²) in [6.45, 7) is 1.66. The maximum Gasteiger partial charge on any atom is 0.167 e. The Balaban J connectivity index is 2.68. The normalized spacial score (nSPS) is 12.2. The van der Waals surface area contributed by atoms with Crippen molar-refractivity contribution in [3.8, 4) is 5.75 Å². The van der Waals surface area contributed by atoms with Gasteiger partial charge in [0.25, 0.3) is 0 Å². The Bertz CT molecular complexity index is 368. The lowest BCUT2D eigenvalue weighted by Crippen LogP contribution is -2.22. The molecule has 1 aromatic carbocycles. The van der Waals surface area contributed by atoms with Crippen molar-refractivity contribution in [3.63, 3.8) is 0 Å². The summed E-state index contributed by atoms with van der Waals surface area (Å²) in [4.78, 5) is 0. The first-order chi connectivity index (χ1) is 6.99. The van der Waals surface area contributed by atoms with Crippen LogP contribution in [-0.4, -0.2) is 11.9 Å². The molecule has 0 radical (unpaired) electrons. The molecule has 0 aromatic heterocycles. The van der Waals surface area contributed by atoms with Gasteiger partial charge in [-0.15, -0.1) is 0 Å². The molecule has 1 atom stereocenters. The number of benzene rings is 1. The SMILES string of the molecule is CC(CC(=N)N)Oc1ccc(F)cc1F. The third-order valence-electron chi connectivity index (χ3n) is 1.73. The standard InChI is InChI=1S/C10H12F2N2O/c1-6(4-10(13)14)15-9-3-2-7(11)5-8(9)12/h2-3,5-6H,4H2,1H3,(H3,13,14). The van der Waals surface area contributed by atoms with Crippen LogP contribution in [0.3, 0.4) is 0 Å². The third kappa shape index (κ3) is 3.53. The monoisotopic (exact) mass is 214 g/mol. The first kappa shape index (κ1) is 11.4. The molecule has 3 nitrogen and oxygen atoms in total. The summed E-state index contributed by atoms with van der Waals surface area (Å²) in [5.74, 6) is -1.49. The number of hydrogen-bond donors (Lipinski definition) is 2. The highest BCUT2D eigenvalue weighted by atomic mass is 19.1. The van der Waals surface area contributed by atoms with Gasteiger partial charge in [-0.2, -0.15) is 0 Å². The molecule has 1 aromatic rings. The minimum absolute atomic E-state index is 0.0369. The number of ether oxygens (including phenoxy) is 1. The number of nitrogens with one attached hydrogen (secondary N) is 1. The van der Waals surface area contributed by atoms with E-state index in [0.29, 0.717) is 0 Å². The smallest absolute Gasteiger partial charge is 0.167 e. The van der Waals surface area contributed by atoms with Gasteiger partial charge < -0.3 is 10.5 Å². The molecular formula is C10H12F2N2O. The van der Waals surface area contributed by atoms with Crippen LogP contribution in [0.5, 0.6) is 5.75 Å². The second-order valence-electron chi connectivity index (χ2n) is 3.23. The zero-order valence-corrected chi connectivity index (χ0v) is 8.26. The van der Waals surface area contributed by atoms with Gasteiger partial charge in [0, 0.05) is 12.5 Å². The topological polar surface area (TPSA) is 59.1 Å². The Morgan fingerprint density at radius 1 is 1.53 bits per heavy atom. The largest absolute Gasteiger partial charge is 0.487 e. The van der Waals surface area contributed by atoms with Crippen molar-refractivity contribution in [2.45, 2.75) is 19.4 Å². The van der Waals surface area contributed by atoms with Gasteiger partial charge in [-0.1, -0.05) is 0 Å². The molecule has 0 spiro atoms. The predicted octanol–water partition coefficient (Wildman–Crippen LogP) is 2.06. The van der Waals surface area contributed by atoms with Crippen LogP contribution in [0, 0.1) is 17.0 Å². The summed E-state index contributed by atoms with van der Waals surface area (Å²) in [6, 6.07) is 3.07. The van der Waals surface area contributed by atoms with Gasteiger partial charge >= 0.3 is 0 Å². The molecule has 0 aliphatic heterocycles. The van der Waals surface area contributed by atoms with Crippen molar-refractivity contribution in [1.29, 1.82) is 5.41 Å². The Morgan fingerprint density at radius 2 is 2.20 bits per heavy atom. The van der Waals surface area contributed by atoms with Gasteiger partial charge in [0.2, 0.25) is 0 Å². The summed E-state index contributed by atoms with van der Waals surface area (Å²) in [5.41, 5.74) is 5.16. The van der Waals surface area contributed by atoms with Crippen molar-refractivity contribution in [2.24, 2.45) is 5.73 Å². The van der Waals surface area contributed by atoms with Crippen LogP contribution in [0.1, 0.15) is 13.3 Å². The van der Waals surface area contributed by atoms with E-state index in [1.807, 2.05) is 0 Å². The second-order valence-corrected chi connectivity index (χ2v) is 3.23. The minimum atomic E-state index is -0.759. The Morgan fingerprint density at radius 3 is 2.73 bits per heavy atom. The van der Waals surface area contributed by atoms with Crippen LogP contribution >= 0.6 is 0 Å². The van der Waals surface area contributed by atoms with Gasteiger partial charge in [-0.3, -0.25) is 5.41 Å². The van der Waals surface area contributed by atoms with Crippen LogP contribution in [0.15, 0.2) is 18.2 Å². The highest BCUT2D eigenvalue weighted by Crippen LogP contribution is 2.19. The van der Waals surface area contributed by atoms with E-state index in [2.05, 4.69) is 0 Å². The average molecular weight is 214 g/mol. The first-order valence-corrected chi connectivity index (χ1v) is 4.43. The van der Waals surface area contributed by atoms with Gasteiger partial charge in [0.05, 0.1) is 5.84 Å². The molecule has 0 fully saturated rings. The van der Waals surface area contributed by atoms with Crippen molar-refractivity contribution < 1.29 is 13.5 Å². The molecule has 3 N–H and O–H groups in total. The molecular weight excluding hydrogens is 202 g/mol. The summed E-state index contributed by atoms with van der Waals surface area (Å²) < 4.78 is 30.8. The Hall–Kier alpha value is -1.65. The van der Waals surface area contributed by atoms with Gasteiger partial charge in [0.1, 0.15) is 11.9 Å². The molecule has 0 aliphatic carbocycles. The molecule has 1 unspecified atom stereocenters. The molecule has 0 heterocycles. The molecule has 0 saturated carbocycles. The molecule has 15 heavy (non-hydrogen) atoms. The van der Waals surface area contributed by atoms with E-state index < -0.39 is 17.7 Å². The van der Waals surface area contributed by atoms with E-state index in [4.69, 9.17) is 15.9 Å². The number of nitrogens with two attached hydrogens (primary N) is 1. The number of amidine groups is 1. The quantitative estimate of drug-likeness (QED) is 0.595. The van der Waals surface area contributed by atoms with E-state index >= 15 is 0 Å². The van der Waals surface area contributed by atoms with E-state index in [9.17, 15) is 8.78 Å². The molecule has 5 heteroatoms. The molecule has 0 aliphatic rings. The van der Waals surface area contributed by atoms with E-state index in [1.54, 1.807) is 6.92 Å². The zero-order valence-electron chi connectivity index (χ0n) is 8.26. The summed E-state index contributed by atoms with van der Waals surface area (Å²) >= 11 is 0. The minimum Gasteiger partial charge on any atom is -0.487 e. The number of hydrogen-bond acceptors (Lipinski definition) is 2. The molecule has 0 saturated heterocycles. The Labute approximate surface area is 86.4 Å². The summed E-state index contributed by atoms with van der Waals surface area (Å²) in [6.07, 6.45) is -0.209. The van der Waals surface area contributed by atoms with Crippen LogP contribution in [0.4, 0.5) is 8.78 Å². The molecule has 82 valence electrons. The van der Waals surface area contributed by atoms with Crippen LogP contribution in [-0.2, 0) is 0 Å². The van der Waals surface area contributed by atoms with Gasteiger partial charge in [-0.25, -0.2) is 8.78 Å². The predicted molar refractivity (Wildman–Crippen MR) is 53.0 cm³/mol. The van der Waals surface area contributed by atoms with Crippen molar-refractivity contribution in [2.75, 3.05) is 0 Å². The van der Waals surface area contributed by atoms with Crippen molar-refractivity contribution in [3.05, 3.63) is 29.8 Å². The average Bonchev–Trinajstić information content (AvgIpc) is 2.08. The first-order valence-electron chi connectivity index (χ1n) is 4.43. The van der Waals surface area contributed by atoms with Crippen LogP contribution in [0.2, 0.25) is 0 Å². The Kier molecular flexibility index (Phi) is 3.60. The van der Waals surface area contributed by atoms with E-state index in [1.165, 1.54) is 6.07 Å². The second kappa shape index (κ2) is 4.72. The van der Waals surface area contributed by atoms with Gasteiger partial charge in [0.15, 0.2) is 11.6 Å². The highest BCUT2D eigenvalue weighted by Gasteiger charge is 2.10. The van der Waals surface area contributed by atoms with Crippen LogP contribution < -0.4 is 10.5 Å². The maximum absolute atomic E-state index is 13.1. The fourth-order valence-electron chi connectivity index (χ4n) is 1.14.